The summed E-state index contributed by atoms with van der Waals surface area (Å²) >= 11 is 3.43. The van der Waals surface area contributed by atoms with E-state index in [1.807, 2.05) is 31.2 Å². The Labute approximate surface area is 186 Å². The van der Waals surface area contributed by atoms with Crippen molar-refractivity contribution < 1.29 is 17.9 Å². The normalized spacial score (nSPS) is 16.5. The Balaban J connectivity index is 1.87. The van der Waals surface area contributed by atoms with Crippen LogP contribution in [0.2, 0.25) is 0 Å². The fourth-order valence-electron chi connectivity index (χ4n) is 3.58. The van der Waals surface area contributed by atoms with Gasteiger partial charge in [-0.05, 0) is 55.7 Å². The molecule has 1 aliphatic rings. The Morgan fingerprint density at radius 3 is 2.43 bits per heavy atom. The van der Waals surface area contributed by atoms with Crippen LogP contribution in [0.1, 0.15) is 54.6 Å². The quantitative estimate of drug-likeness (QED) is 0.640. The lowest BCUT2D eigenvalue weighted by molar-refractivity contribution is 0.0939. The van der Waals surface area contributed by atoms with Gasteiger partial charge in [0.1, 0.15) is 10.6 Å². The summed E-state index contributed by atoms with van der Waals surface area (Å²) < 4.78 is 34.3. The zero-order chi connectivity index (χ0) is 21.7. The Bertz CT molecular complexity index is 1000. The van der Waals surface area contributed by atoms with Crippen LogP contribution in [0.15, 0.2) is 51.8 Å². The van der Waals surface area contributed by atoms with Crippen LogP contribution in [-0.4, -0.2) is 38.8 Å². The van der Waals surface area contributed by atoms with Crippen LogP contribution in [0, 0.1) is 0 Å². The van der Waals surface area contributed by atoms with Gasteiger partial charge in [0.15, 0.2) is 0 Å². The number of benzene rings is 2. The van der Waals surface area contributed by atoms with Crippen LogP contribution >= 0.6 is 15.9 Å². The molecule has 0 radical (unpaired) electrons. The van der Waals surface area contributed by atoms with Crippen molar-refractivity contribution in [2.75, 3.05) is 20.2 Å². The summed E-state index contributed by atoms with van der Waals surface area (Å²) in [6.45, 7) is 2.86. The molecule has 0 aromatic heterocycles. The average Bonchev–Trinajstić information content (AvgIpc) is 3.03. The second kappa shape index (κ2) is 9.94. The highest BCUT2D eigenvalue weighted by Crippen LogP contribution is 2.29. The number of carbonyl (C=O) groups excluding carboxylic acids is 1. The number of nitrogens with zero attached hydrogens (tertiary/aromatic N) is 1. The molecule has 0 saturated carbocycles. The molecular weight excluding hydrogens is 468 g/mol. The van der Waals surface area contributed by atoms with Crippen molar-refractivity contribution in [2.24, 2.45) is 0 Å². The monoisotopic (exact) mass is 494 g/mol. The molecular formula is C22H27BrN2O4S. The number of halogens is 1. The van der Waals surface area contributed by atoms with Gasteiger partial charge in [-0.25, -0.2) is 8.42 Å². The molecule has 2 aromatic rings. The molecule has 6 nitrogen and oxygen atoms in total. The van der Waals surface area contributed by atoms with Gasteiger partial charge in [-0.3, -0.25) is 4.79 Å². The van der Waals surface area contributed by atoms with Crippen molar-refractivity contribution in [3.63, 3.8) is 0 Å². The summed E-state index contributed by atoms with van der Waals surface area (Å²) in [5.74, 6) is -0.0896. The van der Waals surface area contributed by atoms with Crippen LogP contribution < -0.4 is 10.1 Å². The maximum absolute atomic E-state index is 13.3. The van der Waals surface area contributed by atoms with Crippen molar-refractivity contribution in [3.05, 3.63) is 58.1 Å². The van der Waals surface area contributed by atoms with E-state index in [0.29, 0.717) is 13.1 Å². The number of carbonyl (C=O) groups is 1. The van der Waals surface area contributed by atoms with Crippen LogP contribution in [-0.2, 0) is 10.0 Å². The lowest BCUT2D eigenvalue weighted by Crippen LogP contribution is -2.32. The molecule has 162 valence electrons. The largest absolute Gasteiger partial charge is 0.495 e. The van der Waals surface area contributed by atoms with Crippen molar-refractivity contribution in [1.29, 1.82) is 0 Å². The van der Waals surface area contributed by atoms with Gasteiger partial charge in [-0.2, -0.15) is 4.31 Å². The summed E-state index contributed by atoms with van der Waals surface area (Å²) in [7, 11) is -2.31. The van der Waals surface area contributed by atoms with E-state index < -0.39 is 10.0 Å². The third kappa shape index (κ3) is 5.22. The van der Waals surface area contributed by atoms with E-state index in [4.69, 9.17) is 4.74 Å². The molecule has 8 heteroatoms. The van der Waals surface area contributed by atoms with Gasteiger partial charge in [0, 0.05) is 23.1 Å². The predicted octanol–water partition coefficient (Wildman–Crippen LogP) is 4.51. The molecule has 1 fully saturated rings. The van der Waals surface area contributed by atoms with Crippen molar-refractivity contribution in [3.8, 4) is 5.75 Å². The Kier molecular flexibility index (Phi) is 7.55. The second-order valence-electron chi connectivity index (χ2n) is 7.43. The molecule has 0 spiro atoms. The van der Waals surface area contributed by atoms with Crippen LogP contribution in [0.25, 0.3) is 0 Å². The molecule has 3 rings (SSSR count). The topological polar surface area (TPSA) is 75.7 Å². The summed E-state index contributed by atoms with van der Waals surface area (Å²) in [4.78, 5) is 12.9. The van der Waals surface area contributed by atoms with Gasteiger partial charge >= 0.3 is 0 Å². The van der Waals surface area contributed by atoms with Crippen LogP contribution in [0.5, 0.6) is 5.75 Å². The fourth-order valence-corrected chi connectivity index (χ4v) is 5.70. The highest BCUT2D eigenvalue weighted by atomic mass is 79.9. The van der Waals surface area contributed by atoms with E-state index in [1.54, 1.807) is 12.1 Å². The minimum Gasteiger partial charge on any atom is -0.495 e. The first kappa shape index (κ1) is 22.8. The molecule has 1 saturated heterocycles. The number of hydrogen-bond donors (Lipinski definition) is 1. The van der Waals surface area contributed by atoms with E-state index in [9.17, 15) is 13.2 Å². The van der Waals surface area contributed by atoms with Crippen molar-refractivity contribution >= 4 is 31.9 Å². The molecule has 0 aliphatic carbocycles. The van der Waals surface area contributed by atoms with Gasteiger partial charge < -0.3 is 10.1 Å². The van der Waals surface area contributed by atoms with Gasteiger partial charge in [0.05, 0.1) is 13.2 Å². The van der Waals surface area contributed by atoms with Gasteiger partial charge in [-0.1, -0.05) is 40.9 Å². The maximum Gasteiger partial charge on any atom is 0.251 e. The highest BCUT2D eigenvalue weighted by Gasteiger charge is 2.29. The molecule has 30 heavy (non-hydrogen) atoms. The van der Waals surface area contributed by atoms with Crippen molar-refractivity contribution in [1.82, 2.24) is 9.62 Å². The Hall–Kier alpha value is -1.90. The second-order valence-corrected chi connectivity index (χ2v) is 10.3. The zero-order valence-electron chi connectivity index (χ0n) is 17.2. The first-order valence-corrected chi connectivity index (χ1v) is 12.3. The lowest BCUT2D eigenvalue weighted by Gasteiger charge is -2.22. The standard InChI is InChI=1S/C22H27BrN2O4S/c1-16(17-8-7-9-19(23)14-17)24-22(26)18-10-11-20(29-2)21(15-18)30(27,28)25-12-5-3-4-6-13-25/h7-11,14-16H,3-6,12-13H2,1-2H3,(H,24,26). The van der Waals surface area contributed by atoms with Gasteiger partial charge in [0.2, 0.25) is 10.0 Å². The number of hydrogen-bond acceptors (Lipinski definition) is 4. The Morgan fingerprint density at radius 1 is 1.10 bits per heavy atom. The maximum atomic E-state index is 13.3. The van der Waals surface area contributed by atoms with Gasteiger partial charge in [-0.15, -0.1) is 0 Å². The first-order chi connectivity index (χ1) is 14.3. The minimum absolute atomic E-state index is 0.0367. The van der Waals surface area contributed by atoms with Crippen LogP contribution in [0.3, 0.4) is 0 Å². The van der Waals surface area contributed by atoms with E-state index in [0.717, 1.165) is 35.7 Å². The number of methoxy groups -OCH3 is 1. The number of sulfonamides is 1. The summed E-state index contributed by atoms with van der Waals surface area (Å²) in [6.07, 6.45) is 3.73. The molecule has 0 bridgehead atoms. The SMILES string of the molecule is COc1ccc(C(=O)NC(C)c2cccc(Br)c2)cc1S(=O)(=O)N1CCCCCC1. The van der Waals surface area contributed by atoms with Gasteiger partial charge in [0.25, 0.3) is 5.91 Å². The van der Waals surface area contributed by atoms with E-state index >= 15 is 0 Å². The van der Waals surface area contributed by atoms with Crippen LogP contribution in [0.4, 0.5) is 0 Å². The third-order valence-corrected chi connectivity index (χ3v) is 7.72. The fraction of sp³-hybridized carbons (Fsp3) is 0.409. The minimum atomic E-state index is -3.75. The first-order valence-electron chi connectivity index (χ1n) is 10.1. The summed E-state index contributed by atoms with van der Waals surface area (Å²) in [5, 5.41) is 2.94. The van der Waals surface area contributed by atoms with Crippen molar-refractivity contribution in [2.45, 2.75) is 43.5 Å². The summed E-state index contributed by atoms with van der Waals surface area (Å²) in [6, 6.07) is 12.0. The molecule has 1 aliphatic heterocycles. The molecule has 1 amide bonds. The van der Waals surface area contributed by atoms with E-state index in [-0.39, 0.29) is 28.2 Å². The molecule has 2 aromatic carbocycles. The van der Waals surface area contributed by atoms with E-state index in [1.165, 1.54) is 17.5 Å². The number of nitrogens with one attached hydrogen (secondary N) is 1. The molecule has 1 N–H and O–H groups in total. The predicted molar refractivity (Wildman–Crippen MR) is 120 cm³/mol. The number of amides is 1. The third-order valence-electron chi connectivity index (χ3n) is 5.30. The lowest BCUT2D eigenvalue weighted by atomic mass is 10.1. The number of rotatable bonds is 6. The summed E-state index contributed by atoms with van der Waals surface area (Å²) in [5.41, 5.74) is 1.23. The Morgan fingerprint density at radius 2 is 1.80 bits per heavy atom. The molecule has 1 atom stereocenters. The number of ether oxygens (including phenoxy) is 1. The molecule has 1 heterocycles. The smallest absolute Gasteiger partial charge is 0.251 e. The highest BCUT2D eigenvalue weighted by molar-refractivity contribution is 9.10. The van der Waals surface area contributed by atoms with E-state index in [2.05, 4.69) is 21.2 Å². The average molecular weight is 495 g/mol. The molecule has 1 unspecified atom stereocenters. The zero-order valence-corrected chi connectivity index (χ0v) is 19.6.